The summed E-state index contributed by atoms with van der Waals surface area (Å²) < 4.78 is 12.5. The number of hydrogen-bond donors (Lipinski definition) is 1. The van der Waals surface area contributed by atoms with Gasteiger partial charge in [-0.3, -0.25) is 9.48 Å². The van der Waals surface area contributed by atoms with E-state index in [1.807, 2.05) is 49.8 Å². The van der Waals surface area contributed by atoms with Crippen molar-refractivity contribution in [3.63, 3.8) is 0 Å². The second-order valence-electron chi connectivity index (χ2n) is 5.85. The SMILES string of the molecule is Cc1nn(C)c2sc(C(=O)NC(C)c3ccc4c(c3)OCO4)cc12. The Bertz CT molecular complexity index is 910. The number of amides is 1. The molecule has 7 heteroatoms. The van der Waals surface area contributed by atoms with Gasteiger partial charge >= 0.3 is 0 Å². The van der Waals surface area contributed by atoms with Crippen LogP contribution >= 0.6 is 11.3 Å². The van der Waals surface area contributed by atoms with Crippen LogP contribution in [-0.2, 0) is 7.05 Å². The summed E-state index contributed by atoms with van der Waals surface area (Å²) >= 11 is 1.45. The molecule has 6 nitrogen and oxygen atoms in total. The number of aryl methyl sites for hydroxylation is 2. The van der Waals surface area contributed by atoms with E-state index in [1.54, 1.807) is 0 Å². The lowest BCUT2D eigenvalue weighted by molar-refractivity contribution is 0.0944. The fourth-order valence-corrected chi connectivity index (χ4v) is 3.88. The summed E-state index contributed by atoms with van der Waals surface area (Å²) in [6.07, 6.45) is 0. The first-order chi connectivity index (χ1) is 11.5. The molecular formula is C17H17N3O3S. The van der Waals surface area contributed by atoms with Gasteiger partial charge in [-0.1, -0.05) is 6.07 Å². The van der Waals surface area contributed by atoms with Gasteiger partial charge in [0.1, 0.15) is 4.83 Å². The van der Waals surface area contributed by atoms with E-state index in [9.17, 15) is 4.79 Å². The summed E-state index contributed by atoms with van der Waals surface area (Å²) in [5.74, 6) is 1.38. The van der Waals surface area contributed by atoms with Crippen molar-refractivity contribution in [2.24, 2.45) is 7.05 Å². The highest BCUT2D eigenvalue weighted by Gasteiger charge is 2.19. The summed E-state index contributed by atoms with van der Waals surface area (Å²) in [4.78, 5) is 14.3. The predicted molar refractivity (Wildman–Crippen MR) is 91.8 cm³/mol. The van der Waals surface area contributed by atoms with Crippen LogP contribution in [0, 0.1) is 6.92 Å². The largest absolute Gasteiger partial charge is 0.454 e. The number of aromatic nitrogens is 2. The molecule has 1 atom stereocenters. The van der Waals surface area contributed by atoms with Crippen LogP contribution in [0.15, 0.2) is 24.3 Å². The molecule has 24 heavy (non-hydrogen) atoms. The molecule has 0 saturated heterocycles. The lowest BCUT2D eigenvalue weighted by atomic mass is 10.1. The van der Waals surface area contributed by atoms with Crippen molar-refractivity contribution < 1.29 is 14.3 Å². The molecule has 1 aliphatic heterocycles. The highest BCUT2D eigenvalue weighted by Crippen LogP contribution is 2.34. The van der Waals surface area contributed by atoms with Crippen molar-refractivity contribution in [2.45, 2.75) is 19.9 Å². The zero-order valence-electron chi connectivity index (χ0n) is 13.6. The molecule has 1 aliphatic rings. The molecule has 1 aromatic carbocycles. The second kappa shape index (κ2) is 5.52. The van der Waals surface area contributed by atoms with Gasteiger partial charge in [0, 0.05) is 12.4 Å². The molecule has 0 radical (unpaired) electrons. The Morgan fingerprint density at radius 2 is 2.12 bits per heavy atom. The number of ether oxygens (including phenoxy) is 2. The van der Waals surface area contributed by atoms with E-state index in [-0.39, 0.29) is 18.7 Å². The minimum Gasteiger partial charge on any atom is -0.454 e. The van der Waals surface area contributed by atoms with Crippen LogP contribution in [-0.4, -0.2) is 22.5 Å². The highest BCUT2D eigenvalue weighted by atomic mass is 32.1. The first kappa shape index (κ1) is 15.0. The van der Waals surface area contributed by atoms with E-state index < -0.39 is 0 Å². The molecule has 4 rings (SSSR count). The number of thiophene rings is 1. The molecule has 3 aromatic rings. The third-order valence-corrected chi connectivity index (χ3v) is 5.36. The first-order valence-electron chi connectivity index (χ1n) is 7.66. The van der Waals surface area contributed by atoms with Crippen molar-refractivity contribution in [1.82, 2.24) is 15.1 Å². The third-order valence-electron chi connectivity index (χ3n) is 4.16. The van der Waals surface area contributed by atoms with Crippen molar-refractivity contribution in [3.05, 3.63) is 40.4 Å². The van der Waals surface area contributed by atoms with Crippen LogP contribution in [0.2, 0.25) is 0 Å². The average molecular weight is 343 g/mol. The topological polar surface area (TPSA) is 65.4 Å². The van der Waals surface area contributed by atoms with Crippen LogP contribution in [0.4, 0.5) is 0 Å². The number of rotatable bonds is 3. The van der Waals surface area contributed by atoms with Gasteiger partial charge in [-0.05, 0) is 37.6 Å². The Morgan fingerprint density at radius 3 is 2.92 bits per heavy atom. The maximum atomic E-state index is 12.6. The average Bonchev–Trinajstić information content (AvgIpc) is 3.25. The number of nitrogens with one attached hydrogen (secondary N) is 1. The third kappa shape index (κ3) is 2.41. The van der Waals surface area contributed by atoms with Crippen molar-refractivity contribution in [2.75, 3.05) is 6.79 Å². The molecule has 1 unspecified atom stereocenters. The van der Waals surface area contributed by atoms with E-state index in [0.29, 0.717) is 4.88 Å². The monoisotopic (exact) mass is 343 g/mol. The molecule has 1 amide bonds. The van der Waals surface area contributed by atoms with Gasteiger partial charge in [-0.25, -0.2) is 0 Å². The summed E-state index contributed by atoms with van der Waals surface area (Å²) in [7, 11) is 1.89. The van der Waals surface area contributed by atoms with E-state index >= 15 is 0 Å². The van der Waals surface area contributed by atoms with Crippen molar-refractivity contribution in [1.29, 1.82) is 0 Å². The quantitative estimate of drug-likeness (QED) is 0.793. The Hall–Kier alpha value is -2.54. The number of carbonyl (C=O) groups excluding carboxylic acids is 1. The molecule has 0 spiro atoms. The van der Waals surface area contributed by atoms with Gasteiger partial charge in [-0.2, -0.15) is 5.10 Å². The molecular weight excluding hydrogens is 326 g/mol. The zero-order valence-corrected chi connectivity index (χ0v) is 14.4. The molecule has 2 aromatic heterocycles. The number of hydrogen-bond acceptors (Lipinski definition) is 5. The predicted octanol–water partition coefficient (Wildman–Crippen LogP) is 3.16. The highest BCUT2D eigenvalue weighted by molar-refractivity contribution is 7.20. The molecule has 0 fully saturated rings. The Labute approximate surface area is 143 Å². The van der Waals surface area contributed by atoms with Gasteiger partial charge in [0.2, 0.25) is 6.79 Å². The van der Waals surface area contributed by atoms with Crippen LogP contribution in [0.1, 0.15) is 33.9 Å². The van der Waals surface area contributed by atoms with Crippen molar-refractivity contribution >= 4 is 27.5 Å². The first-order valence-corrected chi connectivity index (χ1v) is 8.48. The van der Waals surface area contributed by atoms with Gasteiger partial charge in [0.25, 0.3) is 5.91 Å². The summed E-state index contributed by atoms with van der Waals surface area (Å²) in [5, 5.41) is 8.43. The van der Waals surface area contributed by atoms with Gasteiger partial charge < -0.3 is 14.8 Å². The lowest BCUT2D eigenvalue weighted by Gasteiger charge is -2.14. The second-order valence-corrected chi connectivity index (χ2v) is 6.88. The minimum atomic E-state index is -0.128. The molecule has 1 N–H and O–H groups in total. The fourth-order valence-electron chi connectivity index (χ4n) is 2.85. The van der Waals surface area contributed by atoms with Crippen LogP contribution in [0.3, 0.4) is 0 Å². The summed E-state index contributed by atoms with van der Waals surface area (Å²) in [6.45, 7) is 4.15. The van der Waals surface area contributed by atoms with Crippen LogP contribution < -0.4 is 14.8 Å². The van der Waals surface area contributed by atoms with E-state index in [4.69, 9.17) is 9.47 Å². The Morgan fingerprint density at radius 1 is 1.33 bits per heavy atom. The number of benzene rings is 1. The Kier molecular flexibility index (Phi) is 3.45. The van der Waals surface area contributed by atoms with Crippen LogP contribution in [0.25, 0.3) is 10.2 Å². The number of nitrogens with zero attached hydrogens (tertiary/aromatic N) is 2. The van der Waals surface area contributed by atoms with Gasteiger partial charge in [0.05, 0.1) is 16.6 Å². The van der Waals surface area contributed by atoms with E-state index in [1.165, 1.54) is 11.3 Å². The number of carbonyl (C=O) groups is 1. The zero-order chi connectivity index (χ0) is 16.8. The summed E-state index contributed by atoms with van der Waals surface area (Å²) in [5.41, 5.74) is 1.91. The standard InChI is InChI=1S/C17H17N3O3S/c1-9(11-4-5-13-14(6-11)23-8-22-13)18-16(21)15-7-12-10(2)19-20(3)17(12)24-15/h4-7,9H,8H2,1-3H3,(H,18,21). The molecule has 0 bridgehead atoms. The van der Waals surface area contributed by atoms with Gasteiger partial charge in [-0.15, -0.1) is 11.3 Å². The van der Waals surface area contributed by atoms with Crippen molar-refractivity contribution in [3.8, 4) is 11.5 Å². The lowest BCUT2D eigenvalue weighted by Crippen LogP contribution is -2.25. The number of fused-ring (bicyclic) bond motifs is 2. The molecule has 124 valence electrons. The normalized spacial score (nSPS) is 14.1. The van der Waals surface area contributed by atoms with E-state index in [2.05, 4.69) is 10.4 Å². The smallest absolute Gasteiger partial charge is 0.261 e. The van der Waals surface area contributed by atoms with E-state index in [0.717, 1.165) is 33.0 Å². The molecule has 0 aliphatic carbocycles. The molecule has 0 saturated carbocycles. The van der Waals surface area contributed by atoms with Gasteiger partial charge in [0.15, 0.2) is 11.5 Å². The molecule has 3 heterocycles. The summed E-state index contributed by atoms with van der Waals surface area (Å²) in [6, 6.07) is 7.50. The van der Waals surface area contributed by atoms with Crippen LogP contribution in [0.5, 0.6) is 11.5 Å². The fraction of sp³-hybridized carbons (Fsp3) is 0.294. The minimum absolute atomic E-state index is 0.0826. The maximum absolute atomic E-state index is 12.6. The Balaban J connectivity index is 1.55. The maximum Gasteiger partial charge on any atom is 0.261 e.